The summed E-state index contributed by atoms with van der Waals surface area (Å²) in [6, 6.07) is 12.0. The predicted octanol–water partition coefficient (Wildman–Crippen LogP) is 2.70. The highest BCUT2D eigenvalue weighted by molar-refractivity contribution is 5.84. The van der Waals surface area contributed by atoms with Gasteiger partial charge in [-0.15, -0.1) is 0 Å². The summed E-state index contributed by atoms with van der Waals surface area (Å²) in [4.78, 5) is 28.4. The number of hydrogen-bond acceptors (Lipinski definition) is 4. The van der Waals surface area contributed by atoms with E-state index in [0.717, 1.165) is 24.1 Å². The van der Waals surface area contributed by atoms with E-state index in [4.69, 9.17) is 4.52 Å². The Morgan fingerprint density at radius 1 is 1.27 bits per heavy atom. The molecule has 1 aliphatic carbocycles. The third kappa shape index (κ3) is 3.49. The lowest BCUT2D eigenvalue weighted by atomic mass is 9.96. The van der Waals surface area contributed by atoms with E-state index in [1.54, 1.807) is 11.9 Å². The van der Waals surface area contributed by atoms with Gasteiger partial charge in [-0.1, -0.05) is 35.5 Å². The number of benzene rings is 1. The van der Waals surface area contributed by atoms with E-state index >= 15 is 0 Å². The number of piperidine rings is 1. The van der Waals surface area contributed by atoms with Gasteiger partial charge in [-0.25, -0.2) is 0 Å². The van der Waals surface area contributed by atoms with Crippen LogP contribution in [0.3, 0.4) is 0 Å². The molecule has 2 heterocycles. The zero-order valence-electron chi connectivity index (χ0n) is 14.9. The minimum Gasteiger partial charge on any atom is -0.356 e. The zero-order valence-corrected chi connectivity index (χ0v) is 14.9. The molecule has 2 fully saturated rings. The Hall–Kier alpha value is -2.63. The highest BCUT2D eigenvalue weighted by Crippen LogP contribution is 2.32. The van der Waals surface area contributed by atoms with Gasteiger partial charge < -0.3 is 14.3 Å². The molecule has 6 nitrogen and oxygen atoms in total. The van der Waals surface area contributed by atoms with Crippen LogP contribution in [0.2, 0.25) is 0 Å². The Kier molecular flexibility index (Phi) is 4.49. The van der Waals surface area contributed by atoms with Crippen LogP contribution in [0, 0.1) is 5.92 Å². The molecule has 4 rings (SSSR count). The van der Waals surface area contributed by atoms with Crippen LogP contribution >= 0.6 is 0 Å². The molecule has 26 heavy (non-hydrogen) atoms. The molecule has 0 unspecified atom stereocenters. The second-order valence-corrected chi connectivity index (χ2v) is 7.26. The zero-order chi connectivity index (χ0) is 18.1. The number of nitrogens with zero attached hydrogens (tertiary/aromatic N) is 3. The fourth-order valence-electron chi connectivity index (χ4n) is 3.57. The number of likely N-dealkylation sites (tertiary alicyclic amines) is 1. The second-order valence-electron chi connectivity index (χ2n) is 7.26. The highest BCUT2D eigenvalue weighted by Gasteiger charge is 2.39. The molecule has 1 saturated carbocycles. The highest BCUT2D eigenvalue weighted by atomic mass is 16.5. The Labute approximate surface area is 152 Å². The molecular weight excluding hydrogens is 330 g/mol. The van der Waals surface area contributed by atoms with Gasteiger partial charge in [0.25, 0.3) is 0 Å². The second kappa shape index (κ2) is 6.94. The molecule has 0 bridgehead atoms. The van der Waals surface area contributed by atoms with Crippen molar-refractivity contribution in [2.75, 3.05) is 13.6 Å². The number of carbonyl (C=O) groups excluding carboxylic acids is 2. The molecule has 0 spiro atoms. The minimum atomic E-state index is -0.112. The maximum Gasteiger partial charge on any atom is 0.227 e. The van der Waals surface area contributed by atoms with E-state index in [-0.39, 0.29) is 17.7 Å². The molecule has 6 heteroatoms. The van der Waals surface area contributed by atoms with E-state index < -0.39 is 0 Å². The van der Waals surface area contributed by atoms with Crippen molar-refractivity contribution in [3.05, 3.63) is 42.1 Å². The number of carbonyl (C=O) groups is 2. The molecule has 136 valence electrons. The van der Waals surface area contributed by atoms with Crippen molar-refractivity contribution in [3.8, 4) is 11.3 Å². The average molecular weight is 353 g/mol. The van der Waals surface area contributed by atoms with Gasteiger partial charge in [0.2, 0.25) is 11.8 Å². The summed E-state index contributed by atoms with van der Waals surface area (Å²) in [5, 5.41) is 4.09. The summed E-state index contributed by atoms with van der Waals surface area (Å²) in [6.45, 7) is 0.962. The SMILES string of the molecule is CN(Cc1cc(-c2ccccc2)on1)C(=O)[C@@H]1CCC(=O)N(C2CC2)C1. The van der Waals surface area contributed by atoms with Crippen molar-refractivity contribution in [1.29, 1.82) is 0 Å². The molecule has 1 aromatic heterocycles. The van der Waals surface area contributed by atoms with Crippen LogP contribution in [0.5, 0.6) is 0 Å². The normalized spacial score (nSPS) is 20.3. The minimum absolute atomic E-state index is 0.0763. The van der Waals surface area contributed by atoms with Gasteiger partial charge in [-0.2, -0.15) is 0 Å². The Morgan fingerprint density at radius 3 is 2.77 bits per heavy atom. The van der Waals surface area contributed by atoms with Gasteiger partial charge in [0.1, 0.15) is 5.69 Å². The molecule has 1 saturated heterocycles. The predicted molar refractivity (Wildman–Crippen MR) is 95.9 cm³/mol. The van der Waals surface area contributed by atoms with Crippen molar-refractivity contribution in [2.24, 2.45) is 5.92 Å². The summed E-state index contributed by atoms with van der Waals surface area (Å²) in [5.41, 5.74) is 1.69. The Morgan fingerprint density at radius 2 is 2.04 bits per heavy atom. The fourth-order valence-corrected chi connectivity index (χ4v) is 3.57. The molecular formula is C20H23N3O3. The summed E-state index contributed by atoms with van der Waals surface area (Å²) in [7, 11) is 1.79. The van der Waals surface area contributed by atoms with E-state index in [1.807, 2.05) is 41.3 Å². The van der Waals surface area contributed by atoms with Crippen LogP contribution in [-0.4, -0.2) is 46.4 Å². The van der Waals surface area contributed by atoms with Crippen molar-refractivity contribution in [3.63, 3.8) is 0 Å². The van der Waals surface area contributed by atoms with Crippen molar-refractivity contribution in [2.45, 2.75) is 38.3 Å². The molecule has 1 atom stereocenters. The van der Waals surface area contributed by atoms with Gasteiger partial charge >= 0.3 is 0 Å². The Bertz CT molecular complexity index is 798. The van der Waals surface area contributed by atoms with Gasteiger partial charge in [0.15, 0.2) is 5.76 Å². The summed E-state index contributed by atoms with van der Waals surface area (Å²) in [5.74, 6) is 0.860. The molecule has 0 N–H and O–H groups in total. The average Bonchev–Trinajstić information content (AvgIpc) is 3.41. The lowest BCUT2D eigenvalue weighted by Gasteiger charge is -2.33. The number of hydrogen-bond donors (Lipinski definition) is 0. The van der Waals surface area contributed by atoms with Crippen LogP contribution in [0.4, 0.5) is 0 Å². The van der Waals surface area contributed by atoms with E-state index in [1.165, 1.54) is 0 Å². The summed E-state index contributed by atoms with van der Waals surface area (Å²) < 4.78 is 5.41. The maximum absolute atomic E-state index is 12.8. The third-order valence-corrected chi connectivity index (χ3v) is 5.17. The topological polar surface area (TPSA) is 66.7 Å². The smallest absolute Gasteiger partial charge is 0.227 e. The van der Waals surface area contributed by atoms with Gasteiger partial charge in [0, 0.05) is 37.7 Å². The third-order valence-electron chi connectivity index (χ3n) is 5.17. The first kappa shape index (κ1) is 16.8. The molecule has 2 aliphatic rings. The van der Waals surface area contributed by atoms with Crippen molar-refractivity contribution < 1.29 is 14.1 Å². The van der Waals surface area contributed by atoms with Gasteiger partial charge in [-0.05, 0) is 19.3 Å². The lowest BCUT2D eigenvalue weighted by molar-refractivity contribution is -0.143. The van der Waals surface area contributed by atoms with E-state index in [2.05, 4.69) is 5.16 Å². The van der Waals surface area contributed by atoms with Crippen molar-refractivity contribution >= 4 is 11.8 Å². The van der Waals surface area contributed by atoms with E-state index in [9.17, 15) is 9.59 Å². The molecule has 2 aromatic rings. The molecule has 2 amide bonds. The molecule has 1 aliphatic heterocycles. The summed E-state index contributed by atoms with van der Waals surface area (Å²) in [6.07, 6.45) is 3.26. The van der Waals surface area contributed by atoms with Gasteiger partial charge in [-0.3, -0.25) is 9.59 Å². The van der Waals surface area contributed by atoms with Crippen LogP contribution in [-0.2, 0) is 16.1 Å². The lowest BCUT2D eigenvalue weighted by Crippen LogP contribution is -2.46. The summed E-state index contributed by atoms with van der Waals surface area (Å²) >= 11 is 0. The number of amides is 2. The monoisotopic (exact) mass is 353 g/mol. The van der Waals surface area contributed by atoms with Gasteiger partial charge in [0.05, 0.1) is 12.5 Å². The Balaban J connectivity index is 1.38. The molecule has 1 aromatic carbocycles. The van der Waals surface area contributed by atoms with E-state index in [0.29, 0.717) is 37.7 Å². The fraction of sp³-hybridized carbons (Fsp3) is 0.450. The maximum atomic E-state index is 12.8. The van der Waals surface area contributed by atoms with Crippen LogP contribution in [0.15, 0.2) is 40.9 Å². The first-order chi connectivity index (χ1) is 12.6. The number of rotatable bonds is 5. The first-order valence-corrected chi connectivity index (χ1v) is 9.17. The van der Waals surface area contributed by atoms with Crippen LogP contribution < -0.4 is 0 Å². The quantitative estimate of drug-likeness (QED) is 0.829. The van der Waals surface area contributed by atoms with Crippen LogP contribution in [0.25, 0.3) is 11.3 Å². The molecule has 0 radical (unpaired) electrons. The van der Waals surface area contributed by atoms with Crippen LogP contribution in [0.1, 0.15) is 31.4 Å². The van der Waals surface area contributed by atoms with Crippen molar-refractivity contribution in [1.82, 2.24) is 15.0 Å². The number of aromatic nitrogens is 1. The largest absolute Gasteiger partial charge is 0.356 e. The first-order valence-electron chi connectivity index (χ1n) is 9.17. The standard InChI is InChI=1S/C20H23N3O3/c1-22(13-16-11-18(26-21-16)14-5-3-2-4-6-14)20(25)15-7-10-19(24)23(12-15)17-8-9-17/h2-6,11,15,17H,7-10,12-13H2,1H3/t15-/m1/s1.